The van der Waals surface area contributed by atoms with Gasteiger partial charge in [0.05, 0.1) is 5.02 Å². The highest BCUT2D eigenvalue weighted by molar-refractivity contribution is 6.31. The summed E-state index contributed by atoms with van der Waals surface area (Å²) in [4.78, 5) is 11.9. The van der Waals surface area contributed by atoms with E-state index in [1.54, 1.807) is 0 Å². The van der Waals surface area contributed by atoms with Crippen LogP contribution in [0.3, 0.4) is 0 Å². The number of nitrogens with one attached hydrogen (secondary N) is 1. The number of hydrogen-bond acceptors (Lipinski definition) is 3. The van der Waals surface area contributed by atoms with Crippen molar-refractivity contribution in [2.75, 3.05) is 12.1 Å². The van der Waals surface area contributed by atoms with Crippen molar-refractivity contribution in [3.05, 3.63) is 52.8 Å². The average Bonchev–Trinajstić information content (AvgIpc) is 2.96. The van der Waals surface area contributed by atoms with Crippen molar-refractivity contribution in [1.29, 1.82) is 0 Å². The van der Waals surface area contributed by atoms with E-state index in [9.17, 15) is 9.18 Å². The molecule has 114 valence electrons. The van der Waals surface area contributed by atoms with E-state index in [0.717, 1.165) is 5.56 Å². The fraction of sp³-hybridized carbons (Fsp3) is 0.188. The van der Waals surface area contributed by atoms with Gasteiger partial charge in [-0.25, -0.2) is 4.39 Å². The second kappa shape index (κ2) is 6.23. The number of rotatable bonds is 4. The zero-order valence-corrected chi connectivity index (χ0v) is 12.3. The zero-order chi connectivity index (χ0) is 15.5. The summed E-state index contributed by atoms with van der Waals surface area (Å²) in [7, 11) is 0. The molecule has 0 aliphatic carbocycles. The minimum Gasteiger partial charge on any atom is -0.454 e. The van der Waals surface area contributed by atoms with Crippen molar-refractivity contribution in [1.82, 2.24) is 0 Å². The van der Waals surface area contributed by atoms with Crippen LogP contribution >= 0.6 is 11.6 Å². The van der Waals surface area contributed by atoms with Gasteiger partial charge in [0.25, 0.3) is 0 Å². The summed E-state index contributed by atoms with van der Waals surface area (Å²) in [6, 6.07) is 9.67. The minimum absolute atomic E-state index is 0.0198. The molecule has 1 heterocycles. The molecular weight excluding hydrogens is 309 g/mol. The highest BCUT2D eigenvalue weighted by atomic mass is 35.5. The summed E-state index contributed by atoms with van der Waals surface area (Å²) in [5, 5.41) is 2.67. The predicted molar refractivity (Wildman–Crippen MR) is 80.9 cm³/mol. The van der Waals surface area contributed by atoms with Gasteiger partial charge in [-0.2, -0.15) is 0 Å². The Morgan fingerprint density at radius 1 is 1.18 bits per heavy atom. The Morgan fingerprint density at radius 2 is 2.00 bits per heavy atom. The Morgan fingerprint density at radius 3 is 2.82 bits per heavy atom. The zero-order valence-electron chi connectivity index (χ0n) is 11.6. The van der Waals surface area contributed by atoms with Gasteiger partial charge in [0, 0.05) is 12.1 Å². The minimum atomic E-state index is -0.514. The number of carbonyl (C=O) groups excluding carboxylic acids is 1. The normalized spacial score (nSPS) is 12.3. The summed E-state index contributed by atoms with van der Waals surface area (Å²) >= 11 is 5.67. The number of hydrogen-bond donors (Lipinski definition) is 1. The molecule has 1 aliphatic rings. The molecule has 1 amide bonds. The monoisotopic (exact) mass is 321 g/mol. The number of halogens is 2. The van der Waals surface area contributed by atoms with E-state index in [4.69, 9.17) is 21.1 Å². The van der Waals surface area contributed by atoms with E-state index < -0.39 is 5.82 Å². The van der Waals surface area contributed by atoms with Crippen LogP contribution in [0.15, 0.2) is 36.4 Å². The van der Waals surface area contributed by atoms with E-state index in [0.29, 0.717) is 30.0 Å². The van der Waals surface area contributed by atoms with Crippen LogP contribution in [0.2, 0.25) is 5.02 Å². The highest BCUT2D eigenvalue weighted by Gasteiger charge is 2.13. The molecule has 0 unspecified atom stereocenters. The average molecular weight is 322 g/mol. The number of carbonyl (C=O) groups is 1. The van der Waals surface area contributed by atoms with E-state index >= 15 is 0 Å². The first-order valence-corrected chi connectivity index (χ1v) is 7.13. The quantitative estimate of drug-likeness (QED) is 0.932. The molecule has 0 saturated carbocycles. The molecule has 0 spiro atoms. The second-order valence-corrected chi connectivity index (χ2v) is 5.27. The number of anilines is 1. The molecule has 1 N–H and O–H groups in total. The Bertz CT molecular complexity index is 721. The van der Waals surface area contributed by atoms with Crippen LogP contribution < -0.4 is 14.8 Å². The van der Waals surface area contributed by atoms with Crippen LogP contribution in [0.4, 0.5) is 10.1 Å². The lowest BCUT2D eigenvalue weighted by Crippen LogP contribution is -2.12. The van der Waals surface area contributed by atoms with Crippen molar-refractivity contribution < 1.29 is 18.7 Å². The van der Waals surface area contributed by atoms with Crippen molar-refractivity contribution in [3.8, 4) is 11.5 Å². The molecule has 6 heteroatoms. The molecule has 0 radical (unpaired) electrons. The van der Waals surface area contributed by atoms with E-state index in [2.05, 4.69) is 5.32 Å². The van der Waals surface area contributed by atoms with Gasteiger partial charge in [0.2, 0.25) is 12.7 Å². The fourth-order valence-corrected chi connectivity index (χ4v) is 2.33. The molecule has 2 aromatic rings. The van der Waals surface area contributed by atoms with Gasteiger partial charge in [0.1, 0.15) is 5.82 Å². The van der Waals surface area contributed by atoms with Crippen LogP contribution in [-0.2, 0) is 11.2 Å². The Hall–Kier alpha value is -2.27. The van der Waals surface area contributed by atoms with Gasteiger partial charge >= 0.3 is 0 Å². The Kier molecular flexibility index (Phi) is 4.15. The maximum Gasteiger partial charge on any atom is 0.231 e. The first-order chi connectivity index (χ1) is 10.6. The van der Waals surface area contributed by atoms with Crippen molar-refractivity contribution >= 4 is 23.2 Å². The summed E-state index contributed by atoms with van der Waals surface area (Å²) < 4.78 is 23.6. The number of amides is 1. The van der Waals surface area contributed by atoms with Gasteiger partial charge in [-0.05, 0) is 42.3 Å². The van der Waals surface area contributed by atoms with Gasteiger partial charge in [-0.3, -0.25) is 4.79 Å². The lowest BCUT2D eigenvalue weighted by atomic mass is 10.1. The summed E-state index contributed by atoms with van der Waals surface area (Å²) in [6.07, 6.45) is 0.867. The van der Waals surface area contributed by atoms with Crippen LogP contribution in [-0.4, -0.2) is 12.7 Å². The van der Waals surface area contributed by atoms with Crippen LogP contribution in [0.5, 0.6) is 11.5 Å². The Labute approximate surface area is 131 Å². The molecule has 0 saturated heterocycles. The van der Waals surface area contributed by atoms with Crippen LogP contribution in [0.1, 0.15) is 12.0 Å². The molecule has 0 aromatic heterocycles. The topological polar surface area (TPSA) is 47.6 Å². The van der Waals surface area contributed by atoms with Gasteiger partial charge in [0.15, 0.2) is 11.5 Å². The third kappa shape index (κ3) is 3.31. The maximum atomic E-state index is 13.0. The van der Waals surface area contributed by atoms with Crippen LogP contribution in [0.25, 0.3) is 0 Å². The maximum absolute atomic E-state index is 13.0. The van der Waals surface area contributed by atoms with Gasteiger partial charge in [-0.15, -0.1) is 0 Å². The number of benzene rings is 2. The molecule has 0 bridgehead atoms. The SMILES string of the molecule is O=C(CCc1ccc2c(c1)OCO2)Nc1ccc(F)c(Cl)c1. The van der Waals surface area contributed by atoms with Gasteiger partial charge in [-0.1, -0.05) is 17.7 Å². The highest BCUT2D eigenvalue weighted by Crippen LogP contribution is 2.32. The first-order valence-electron chi connectivity index (χ1n) is 6.75. The number of aryl methyl sites for hydroxylation is 1. The molecule has 0 atom stereocenters. The fourth-order valence-electron chi connectivity index (χ4n) is 2.15. The molecule has 22 heavy (non-hydrogen) atoms. The third-order valence-electron chi connectivity index (χ3n) is 3.28. The molecular formula is C16H13ClFNO3. The lowest BCUT2D eigenvalue weighted by molar-refractivity contribution is -0.116. The lowest BCUT2D eigenvalue weighted by Gasteiger charge is -2.06. The summed E-state index contributed by atoms with van der Waals surface area (Å²) in [5.74, 6) is 0.734. The molecule has 3 rings (SSSR count). The van der Waals surface area contributed by atoms with Gasteiger partial charge < -0.3 is 14.8 Å². The third-order valence-corrected chi connectivity index (χ3v) is 3.57. The molecule has 0 fully saturated rings. The number of fused-ring (bicyclic) bond motifs is 1. The second-order valence-electron chi connectivity index (χ2n) is 4.86. The first kappa shape index (κ1) is 14.7. The van der Waals surface area contributed by atoms with Crippen molar-refractivity contribution in [3.63, 3.8) is 0 Å². The standard InChI is InChI=1S/C16H13ClFNO3/c17-12-8-11(3-4-13(12)18)19-16(20)6-2-10-1-5-14-15(7-10)22-9-21-14/h1,3-5,7-8H,2,6,9H2,(H,19,20). The summed E-state index contributed by atoms with van der Waals surface area (Å²) in [6.45, 7) is 0.227. The van der Waals surface area contributed by atoms with Crippen LogP contribution in [0, 0.1) is 5.82 Å². The molecule has 4 nitrogen and oxygen atoms in total. The van der Waals surface area contributed by atoms with E-state index in [-0.39, 0.29) is 17.7 Å². The van der Waals surface area contributed by atoms with E-state index in [1.807, 2.05) is 18.2 Å². The molecule has 2 aromatic carbocycles. The summed E-state index contributed by atoms with van der Waals surface area (Å²) in [5.41, 5.74) is 1.46. The Balaban J connectivity index is 1.57. The number of ether oxygens (including phenoxy) is 2. The van der Waals surface area contributed by atoms with Crippen molar-refractivity contribution in [2.45, 2.75) is 12.8 Å². The largest absolute Gasteiger partial charge is 0.454 e. The van der Waals surface area contributed by atoms with Crippen molar-refractivity contribution in [2.24, 2.45) is 0 Å². The van der Waals surface area contributed by atoms with E-state index in [1.165, 1.54) is 18.2 Å². The molecule has 1 aliphatic heterocycles. The smallest absolute Gasteiger partial charge is 0.231 e. The predicted octanol–water partition coefficient (Wildman–Crippen LogP) is 3.78.